The van der Waals surface area contributed by atoms with Crippen LogP contribution < -0.4 is 4.74 Å². The van der Waals surface area contributed by atoms with Gasteiger partial charge >= 0.3 is 0 Å². The SMILES string of the molecule is CCCN(Cc1ccc(C#N)cc1)C(=O)c1ccc(OC)c(S(=O)(=O)N2CCCC2)c1. The molecule has 0 atom stereocenters. The van der Waals surface area contributed by atoms with Gasteiger partial charge in [0.25, 0.3) is 5.91 Å². The second-order valence-electron chi connectivity index (χ2n) is 7.51. The third-order valence-electron chi connectivity index (χ3n) is 5.33. The summed E-state index contributed by atoms with van der Waals surface area (Å²) in [5, 5.41) is 8.97. The summed E-state index contributed by atoms with van der Waals surface area (Å²) in [6, 6.07) is 13.7. The minimum atomic E-state index is -3.74. The van der Waals surface area contributed by atoms with Crippen molar-refractivity contribution in [3.63, 3.8) is 0 Å². The van der Waals surface area contributed by atoms with Crippen LogP contribution in [0.5, 0.6) is 5.75 Å². The summed E-state index contributed by atoms with van der Waals surface area (Å²) in [6.45, 7) is 3.84. The molecule has 164 valence electrons. The lowest BCUT2D eigenvalue weighted by Crippen LogP contribution is -2.32. The third kappa shape index (κ3) is 5.06. The number of sulfonamides is 1. The predicted molar refractivity (Wildman–Crippen MR) is 117 cm³/mol. The number of amides is 1. The van der Waals surface area contributed by atoms with Crippen LogP contribution in [-0.4, -0.2) is 50.3 Å². The Bertz CT molecular complexity index is 1070. The zero-order chi connectivity index (χ0) is 22.4. The van der Waals surface area contributed by atoms with Crippen LogP contribution in [0.4, 0.5) is 0 Å². The molecule has 31 heavy (non-hydrogen) atoms. The Morgan fingerprint density at radius 2 is 1.84 bits per heavy atom. The maximum absolute atomic E-state index is 13.3. The molecule has 1 aliphatic rings. The molecule has 0 radical (unpaired) electrons. The number of nitrogens with zero attached hydrogens (tertiary/aromatic N) is 3. The van der Waals surface area contributed by atoms with Crippen LogP contribution in [0, 0.1) is 11.3 Å². The largest absolute Gasteiger partial charge is 0.495 e. The topological polar surface area (TPSA) is 90.7 Å². The molecule has 0 N–H and O–H groups in total. The molecule has 0 bridgehead atoms. The van der Waals surface area contributed by atoms with Crippen LogP contribution >= 0.6 is 0 Å². The molecule has 1 heterocycles. The Hall–Kier alpha value is -2.89. The Balaban J connectivity index is 1.91. The molecule has 2 aromatic carbocycles. The molecular formula is C23H27N3O4S. The second kappa shape index (κ2) is 9.94. The molecular weight excluding hydrogens is 414 g/mol. The molecule has 1 saturated heterocycles. The van der Waals surface area contributed by atoms with Gasteiger partial charge < -0.3 is 9.64 Å². The van der Waals surface area contributed by atoms with Crippen LogP contribution in [-0.2, 0) is 16.6 Å². The zero-order valence-electron chi connectivity index (χ0n) is 17.9. The van der Waals surface area contributed by atoms with E-state index in [4.69, 9.17) is 10.00 Å². The van der Waals surface area contributed by atoms with Crippen molar-refractivity contribution in [1.82, 2.24) is 9.21 Å². The lowest BCUT2D eigenvalue weighted by molar-refractivity contribution is 0.0743. The van der Waals surface area contributed by atoms with E-state index in [0.717, 1.165) is 24.8 Å². The molecule has 0 aliphatic carbocycles. The highest BCUT2D eigenvalue weighted by Gasteiger charge is 2.31. The predicted octanol–water partition coefficient (Wildman–Crippen LogP) is 3.40. The highest BCUT2D eigenvalue weighted by atomic mass is 32.2. The first kappa shape index (κ1) is 22.8. The second-order valence-corrected chi connectivity index (χ2v) is 9.42. The first-order valence-corrected chi connectivity index (χ1v) is 11.8. The van der Waals surface area contributed by atoms with E-state index in [2.05, 4.69) is 6.07 Å². The average Bonchev–Trinajstić information content (AvgIpc) is 3.34. The lowest BCUT2D eigenvalue weighted by Gasteiger charge is -2.23. The summed E-state index contributed by atoms with van der Waals surface area (Å²) in [5.41, 5.74) is 1.77. The van der Waals surface area contributed by atoms with Crippen LogP contribution in [0.2, 0.25) is 0 Å². The van der Waals surface area contributed by atoms with Crippen molar-refractivity contribution in [3.05, 3.63) is 59.2 Å². The summed E-state index contributed by atoms with van der Waals surface area (Å²) in [4.78, 5) is 15.0. The number of rotatable bonds is 8. The summed E-state index contributed by atoms with van der Waals surface area (Å²) in [5.74, 6) is -0.00989. The number of methoxy groups -OCH3 is 1. The van der Waals surface area contributed by atoms with E-state index in [0.29, 0.717) is 37.3 Å². The van der Waals surface area contributed by atoms with Crippen molar-refractivity contribution in [1.29, 1.82) is 5.26 Å². The minimum absolute atomic E-state index is 0.0255. The minimum Gasteiger partial charge on any atom is -0.495 e. The van der Waals surface area contributed by atoms with Crippen molar-refractivity contribution in [2.75, 3.05) is 26.7 Å². The quantitative estimate of drug-likeness (QED) is 0.626. The van der Waals surface area contributed by atoms with Gasteiger partial charge in [0, 0.05) is 31.7 Å². The standard InChI is InChI=1S/C23H27N3O4S/c1-3-12-25(17-19-8-6-18(16-24)7-9-19)23(27)20-10-11-21(30-2)22(15-20)31(28,29)26-13-4-5-14-26/h6-11,15H,3-5,12-14,17H2,1-2H3. The molecule has 7 nitrogen and oxygen atoms in total. The van der Waals surface area contributed by atoms with Gasteiger partial charge in [-0.2, -0.15) is 9.57 Å². The van der Waals surface area contributed by atoms with E-state index < -0.39 is 10.0 Å². The van der Waals surface area contributed by atoms with Crippen molar-refractivity contribution in [3.8, 4) is 11.8 Å². The Labute approximate surface area is 183 Å². The lowest BCUT2D eigenvalue weighted by atomic mass is 10.1. The molecule has 0 unspecified atom stereocenters. The van der Waals surface area contributed by atoms with Gasteiger partial charge in [-0.05, 0) is 55.2 Å². The normalized spacial score (nSPS) is 14.2. The average molecular weight is 442 g/mol. The molecule has 1 aliphatic heterocycles. The number of hydrogen-bond acceptors (Lipinski definition) is 5. The molecule has 0 spiro atoms. The van der Waals surface area contributed by atoms with Crippen molar-refractivity contribution >= 4 is 15.9 Å². The summed E-state index contributed by atoms with van der Waals surface area (Å²) >= 11 is 0. The number of nitriles is 1. The van der Waals surface area contributed by atoms with Crippen molar-refractivity contribution in [2.45, 2.75) is 37.6 Å². The van der Waals surface area contributed by atoms with Crippen LogP contribution in [0.3, 0.4) is 0 Å². The Morgan fingerprint density at radius 1 is 1.16 bits per heavy atom. The number of ether oxygens (including phenoxy) is 1. The van der Waals surface area contributed by atoms with Crippen molar-refractivity contribution < 1.29 is 17.9 Å². The maximum Gasteiger partial charge on any atom is 0.254 e. The zero-order valence-corrected chi connectivity index (χ0v) is 18.7. The van der Waals surface area contributed by atoms with Crippen LogP contribution in [0.15, 0.2) is 47.4 Å². The maximum atomic E-state index is 13.3. The molecule has 3 rings (SSSR count). The first-order valence-electron chi connectivity index (χ1n) is 10.4. The number of carbonyl (C=O) groups is 1. The van der Waals surface area contributed by atoms with Gasteiger partial charge in [-0.3, -0.25) is 4.79 Å². The van der Waals surface area contributed by atoms with E-state index in [9.17, 15) is 13.2 Å². The number of hydrogen-bond donors (Lipinski definition) is 0. The van der Waals surface area contributed by atoms with Gasteiger partial charge in [-0.15, -0.1) is 0 Å². The van der Waals surface area contributed by atoms with Crippen LogP contribution in [0.25, 0.3) is 0 Å². The Morgan fingerprint density at radius 3 is 2.42 bits per heavy atom. The fourth-order valence-electron chi connectivity index (χ4n) is 3.69. The molecule has 8 heteroatoms. The molecule has 1 fully saturated rings. The third-order valence-corrected chi connectivity index (χ3v) is 7.25. The molecule has 1 amide bonds. The van der Waals surface area contributed by atoms with Crippen LogP contribution in [0.1, 0.15) is 47.7 Å². The van der Waals surface area contributed by atoms with Gasteiger partial charge in [-0.1, -0.05) is 19.1 Å². The summed E-state index contributed by atoms with van der Waals surface area (Å²) in [7, 11) is -2.31. The highest BCUT2D eigenvalue weighted by Crippen LogP contribution is 2.30. The van der Waals surface area contributed by atoms with Gasteiger partial charge in [0.15, 0.2) is 0 Å². The first-order chi connectivity index (χ1) is 14.9. The van der Waals surface area contributed by atoms with E-state index in [1.807, 2.05) is 19.1 Å². The van der Waals surface area contributed by atoms with Gasteiger partial charge in [0.05, 0.1) is 18.7 Å². The van der Waals surface area contributed by atoms with E-state index in [1.54, 1.807) is 29.2 Å². The van der Waals surface area contributed by atoms with E-state index in [1.165, 1.54) is 17.5 Å². The van der Waals surface area contributed by atoms with Gasteiger partial charge in [0.1, 0.15) is 10.6 Å². The monoisotopic (exact) mass is 441 g/mol. The van der Waals surface area contributed by atoms with Gasteiger partial charge in [-0.25, -0.2) is 8.42 Å². The van der Waals surface area contributed by atoms with Crippen molar-refractivity contribution in [2.24, 2.45) is 0 Å². The fraction of sp³-hybridized carbons (Fsp3) is 0.391. The number of carbonyl (C=O) groups excluding carboxylic acids is 1. The number of benzene rings is 2. The fourth-order valence-corrected chi connectivity index (χ4v) is 5.39. The summed E-state index contributed by atoms with van der Waals surface area (Å²) < 4.78 is 33.0. The van der Waals surface area contributed by atoms with E-state index in [-0.39, 0.29) is 16.6 Å². The molecule has 2 aromatic rings. The molecule has 0 saturated carbocycles. The van der Waals surface area contributed by atoms with Gasteiger partial charge in [0.2, 0.25) is 10.0 Å². The molecule has 0 aromatic heterocycles. The highest BCUT2D eigenvalue weighted by molar-refractivity contribution is 7.89. The van der Waals surface area contributed by atoms with E-state index >= 15 is 0 Å². The smallest absolute Gasteiger partial charge is 0.254 e. The Kier molecular flexibility index (Phi) is 7.31. The summed E-state index contributed by atoms with van der Waals surface area (Å²) in [6.07, 6.45) is 2.42.